The summed E-state index contributed by atoms with van der Waals surface area (Å²) in [7, 11) is 0. The molecule has 1 aliphatic rings. The normalized spacial score (nSPS) is 15.0. The predicted molar refractivity (Wildman–Crippen MR) is 112 cm³/mol. The van der Waals surface area contributed by atoms with Crippen LogP contribution in [-0.4, -0.2) is 58.3 Å². The fourth-order valence-corrected chi connectivity index (χ4v) is 4.04. The number of carbonyl (C=O) groups excluding carboxylic acids is 1. The van der Waals surface area contributed by atoms with Crippen molar-refractivity contribution in [3.63, 3.8) is 0 Å². The lowest BCUT2D eigenvalue weighted by molar-refractivity contribution is -0.117. The molecule has 0 spiro atoms. The summed E-state index contributed by atoms with van der Waals surface area (Å²) in [5, 5.41) is 26.2. The zero-order chi connectivity index (χ0) is 20.8. The van der Waals surface area contributed by atoms with E-state index < -0.39 is 5.92 Å². The monoisotopic (exact) mass is 412 g/mol. The van der Waals surface area contributed by atoms with Crippen LogP contribution in [0.4, 0.5) is 5.95 Å². The number of morpholine rings is 1. The van der Waals surface area contributed by atoms with Gasteiger partial charge in [-0.2, -0.15) is 5.26 Å². The Hall–Kier alpha value is -2.70. The lowest BCUT2D eigenvalue weighted by Crippen LogP contribution is -2.38. The van der Waals surface area contributed by atoms with E-state index >= 15 is 0 Å². The number of benzene rings is 1. The Bertz CT molecular complexity index is 929. The van der Waals surface area contributed by atoms with E-state index in [1.54, 1.807) is 0 Å². The number of anilines is 1. The SMILES string of the molecule is CCc1ccccc1-n1c(SCC(=O)[C@@H](C#N)C(C)=N)nnc1N1CCOCC1. The Morgan fingerprint density at radius 3 is 2.72 bits per heavy atom. The molecule has 0 aliphatic carbocycles. The third-order valence-electron chi connectivity index (χ3n) is 4.75. The summed E-state index contributed by atoms with van der Waals surface area (Å²) < 4.78 is 7.45. The van der Waals surface area contributed by atoms with Gasteiger partial charge in [-0.3, -0.25) is 9.36 Å². The Kier molecular flexibility index (Phi) is 7.01. The van der Waals surface area contributed by atoms with Crippen LogP contribution < -0.4 is 4.90 Å². The van der Waals surface area contributed by atoms with E-state index in [1.165, 1.54) is 18.7 Å². The minimum Gasteiger partial charge on any atom is -0.378 e. The molecule has 1 saturated heterocycles. The number of hydrogen-bond acceptors (Lipinski definition) is 8. The van der Waals surface area contributed by atoms with Gasteiger partial charge in [0, 0.05) is 18.8 Å². The van der Waals surface area contributed by atoms with Crippen LogP contribution >= 0.6 is 11.8 Å². The van der Waals surface area contributed by atoms with Crippen molar-refractivity contribution in [2.24, 2.45) is 5.92 Å². The zero-order valence-electron chi connectivity index (χ0n) is 16.6. The van der Waals surface area contributed by atoms with Crippen molar-refractivity contribution < 1.29 is 9.53 Å². The van der Waals surface area contributed by atoms with Crippen molar-refractivity contribution in [2.45, 2.75) is 25.4 Å². The number of ether oxygens (including phenoxy) is 1. The summed E-state index contributed by atoms with van der Waals surface area (Å²) in [5.41, 5.74) is 2.20. The van der Waals surface area contributed by atoms with Crippen LogP contribution in [0, 0.1) is 22.7 Å². The molecular formula is C20H24N6O2S. The zero-order valence-corrected chi connectivity index (χ0v) is 17.4. The number of nitrogens with zero attached hydrogens (tertiary/aromatic N) is 5. The topological polar surface area (TPSA) is 108 Å². The first kappa shape index (κ1) is 21.0. The number of para-hydroxylation sites is 1. The second-order valence-corrected chi connectivity index (χ2v) is 7.64. The molecule has 8 nitrogen and oxygen atoms in total. The molecule has 1 fully saturated rings. The van der Waals surface area contributed by atoms with Gasteiger partial charge >= 0.3 is 0 Å². The van der Waals surface area contributed by atoms with Crippen molar-refractivity contribution in [3.8, 4) is 11.8 Å². The molecule has 0 bridgehead atoms. The van der Waals surface area contributed by atoms with E-state index in [2.05, 4.69) is 28.1 Å². The van der Waals surface area contributed by atoms with Crippen LogP contribution in [0.15, 0.2) is 29.4 Å². The molecule has 3 rings (SSSR count). The van der Waals surface area contributed by atoms with Gasteiger partial charge in [-0.15, -0.1) is 10.2 Å². The smallest absolute Gasteiger partial charge is 0.232 e. The van der Waals surface area contributed by atoms with Crippen LogP contribution in [0.5, 0.6) is 0 Å². The van der Waals surface area contributed by atoms with E-state index in [0.29, 0.717) is 18.4 Å². The van der Waals surface area contributed by atoms with Gasteiger partial charge in [0.1, 0.15) is 5.92 Å². The largest absolute Gasteiger partial charge is 0.378 e. The fourth-order valence-electron chi connectivity index (χ4n) is 3.19. The van der Waals surface area contributed by atoms with Crippen LogP contribution in [0.1, 0.15) is 19.4 Å². The minimum absolute atomic E-state index is 0.0595. The molecule has 152 valence electrons. The molecular weight excluding hydrogens is 388 g/mol. The molecule has 0 amide bonds. The standard InChI is InChI=1S/C20H24N6O2S/c1-3-15-6-4-5-7-17(15)26-19(25-8-10-28-11-9-25)23-24-20(26)29-13-18(27)16(12-21)14(2)22/h4-7,16,22H,3,8-11,13H2,1-2H3/t16-/m0/s1. The summed E-state index contributed by atoms with van der Waals surface area (Å²) in [4.78, 5) is 14.5. The Labute approximate surface area is 174 Å². The number of carbonyl (C=O) groups is 1. The third kappa shape index (κ3) is 4.66. The van der Waals surface area contributed by atoms with Crippen LogP contribution in [0.25, 0.3) is 5.69 Å². The molecule has 0 radical (unpaired) electrons. The summed E-state index contributed by atoms with van der Waals surface area (Å²) in [6, 6.07) is 9.98. The summed E-state index contributed by atoms with van der Waals surface area (Å²) >= 11 is 1.25. The van der Waals surface area contributed by atoms with Gasteiger partial charge in [-0.05, 0) is 25.0 Å². The van der Waals surface area contributed by atoms with E-state index in [-0.39, 0.29) is 17.2 Å². The molecule has 0 saturated carbocycles. The first-order valence-electron chi connectivity index (χ1n) is 9.53. The lowest BCUT2D eigenvalue weighted by Gasteiger charge is -2.28. The average Bonchev–Trinajstić information content (AvgIpc) is 3.16. The number of hydrogen-bond donors (Lipinski definition) is 1. The highest BCUT2D eigenvalue weighted by Crippen LogP contribution is 2.29. The number of rotatable bonds is 8. The molecule has 2 heterocycles. The maximum atomic E-state index is 12.4. The highest BCUT2D eigenvalue weighted by molar-refractivity contribution is 7.99. The highest BCUT2D eigenvalue weighted by atomic mass is 32.2. The van der Waals surface area contributed by atoms with Gasteiger partial charge in [0.05, 0.1) is 30.7 Å². The number of aryl methyl sites for hydroxylation is 1. The Balaban J connectivity index is 1.95. The van der Waals surface area contributed by atoms with Gasteiger partial charge in [0.15, 0.2) is 10.9 Å². The molecule has 29 heavy (non-hydrogen) atoms. The maximum absolute atomic E-state index is 12.4. The molecule has 1 aromatic carbocycles. The third-order valence-corrected chi connectivity index (χ3v) is 5.70. The molecule has 1 aromatic heterocycles. The van der Waals surface area contributed by atoms with Crippen molar-refractivity contribution in [1.29, 1.82) is 10.7 Å². The van der Waals surface area contributed by atoms with E-state index in [4.69, 9.17) is 15.4 Å². The molecule has 9 heteroatoms. The number of aromatic nitrogens is 3. The highest BCUT2D eigenvalue weighted by Gasteiger charge is 2.25. The van der Waals surface area contributed by atoms with E-state index in [0.717, 1.165) is 36.7 Å². The van der Waals surface area contributed by atoms with E-state index in [1.807, 2.05) is 28.8 Å². The quantitative estimate of drug-likeness (QED) is 0.524. The second-order valence-electron chi connectivity index (χ2n) is 6.70. The Morgan fingerprint density at radius 2 is 2.07 bits per heavy atom. The molecule has 1 atom stereocenters. The van der Waals surface area contributed by atoms with Gasteiger partial charge in [-0.1, -0.05) is 36.9 Å². The van der Waals surface area contributed by atoms with Gasteiger partial charge < -0.3 is 15.0 Å². The molecule has 2 aromatic rings. The molecule has 1 aliphatic heterocycles. The van der Waals surface area contributed by atoms with E-state index in [9.17, 15) is 4.79 Å². The van der Waals surface area contributed by atoms with Crippen molar-refractivity contribution in [1.82, 2.24) is 14.8 Å². The lowest BCUT2D eigenvalue weighted by atomic mass is 10.0. The van der Waals surface area contributed by atoms with Gasteiger partial charge in [0.2, 0.25) is 5.95 Å². The first-order chi connectivity index (χ1) is 14.1. The summed E-state index contributed by atoms with van der Waals surface area (Å²) in [5.74, 6) is -0.523. The maximum Gasteiger partial charge on any atom is 0.232 e. The molecule has 0 unspecified atom stereocenters. The van der Waals surface area contributed by atoms with Gasteiger partial charge in [-0.25, -0.2) is 0 Å². The van der Waals surface area contributed by atoms with Crippen LogP contribution in [-0.2, 0) is 16.0 Å². The number of nitrogens with one attached hydrogen (secondary N) is 1. The van der Waals surface area contributed by atoms with Crippen LogP contribution in [0.2, 0.25) is 0 Å². The minimum atomic E-state index is -1.01. The number of ketones is 1. The summed E-state index contributed by atoms with van der Waals surface area (Å²) in [6.07, 6.45) is 0.851. The first-order valence-corrected chi connectivity index (χ1v) is 10.5. The second kappa shape index (κ2) is 9.67. The average molecular weight is 413 g/mol. The van der Waals surface area contributed by atoms with Crippen molar-refractivity contribution >= 4 is 29.2 Å². The van der Waals surface area contributed by atoms with Crippen molar-refractivity contribution in [2.75, 3.05) is 37.0 Å². The predicted octanol–water partition coefficient (Wildman–Crippen LogP) is 2.51. The van der Waals surface area contributed by atoms with Crippen LogP contribution in [0.3, 0.4) is 0 Å². The summed E-state index contributed by atoms with van der Waals surface area (Å²) in [6.45, 7) is 6.28. The number of nitriles is 1. The molecule has 1 N–H and O–H groups in total. The van der Waals surface area contributed by atoms with Gasteiger partial charge in [0.25, 0.3) is 0 Å². The number of thioether (sulfide) groups is 1. The fraction of sp³-hybridized carbons (Fsp3) is 0.450. The Morgan fingerprint density at radius 1 is 1.34 bits per heavy atom. The number of Topliss-reactive ketones (excluding diaryl/α,β-unsaturated/α-hetero) is 1. The van der Waals surface area contributed by atoms with Crippen molar-refractivity contribution in [3.05, 3.63) is 29.8 Å².